The Hall–Kier alpha value is -1.77. The molecule has 0 radical (unpaired) electrons. The monoisotopic (exact) mass is 657 g/mol. The molecular formula is C35H64NO8P. The maximum atomic E-state index is 12.0. The molecule has 0 aromatic carbocycles. The molecule has 0 aliphatic carbocycles. The molecule has 0 fully saturated rings. The maximum absolute atomic E-state index is 12.0. The van der Waals surface area contributed by atoms with Gasteiger partial charge in [0, 0.05) is 19.4 Å². The van der Waals surface area contributed by atoms with Crippen LogP contribution < -0.4 is 5.32 Å². The zero-order valence-corrected chi connectivity index (χ0v) is 29.2. The number of allylic oxidation sites excluding steroid dienone is 6. The molecular weight excluding hydrogens is 593 g/mol. The Labute approximate surface area is 273 Å². The number of amides is 1. The van der Waals surface area contributed by atoms with Crippen LogP contribution in [0.3, 0.4) is 0 Å². The van der Waals surface area contributed by atoms with Crippen molar-refractivity contribution in [1.29, 1.82) is 0 Å². The molecule has 0 aliphatic rings. The summed E-state index contributed by atoms with van der Waals surface area (Å²) >= 11 is 0. The highest BCUT2D eigenvalue weighted by molar-refractivity contribution is 7.47. The molecule has 10 heteroatoms. The lowest BCUT2D eigenvalue weighted by Gasteiger charge is -2.15. The molecule has 0 heterocycles. The molecule has 0 bridgehead atoms. The van der Waals surface area contributed by atoms with E-state index in [9.17, 15) is 24.2 Å². The fraction of sp³-hybridized carbons (Fsp3) is 0.771. The summed E-state index contributed by atoms with van der Waals surface area (Å²) in [6, 6.07) is 0. The first-order valence-electron chi connectivity index (χ1n) is 17.5. The SMILES string of the molecule is CC/C=C\C/C=C\C/C=C\CCCCCC(=O)OCC(O)COP(=O)(O)OCCNC(=O)CCCCCCCCCCCCC. The van der Waals surface area contributed by atoms with Crippen LogP contribution in [0.2, 0.25) is 0 Å². The van der Waals surface area contributed by atoms with Crippen LogP contribution in [0, 0.1) is 0 Å². The molecule has 3 N–H and O–H groups in total. The lowest BCUT2D eigenvalue weighted by molar-refractivity contribution is -0.147. The van der Waals surface area contributed by atoms with Crippen LogP contribution in [-0.2, 0) is 27.9 Å². The summed E-state index contributed by atoms with van der Waals surface area (Å²) < 4.78 is 26.7. The molecule has 0 rings (SSSR count). The van der Waals surface area contributed by atoms with E-state index in [1.165, 1.54) is 51.4 Å². The average Bonchev–Trinajstić information content (AvgIpc) is 3.02. The molecule has 262 valence electrons. The molecule has 2 unspecified atom stereocenters. The molecule has 0 saturated carbocycles. The summed E-state index contributed by atoms with van der Waals surface area (Å²) in [6.45, 7) is 3.37. The number of nitrogens with one attached hydrogen (secondary N) is 1. The average molecular weight is 658 g/mol. The van der Waals surface area contributed by atoms with Gasteiger partial charge in [-0.15, -0.1) is 0 Å². The van der Waals surface area contributed by atoms with Gasteiger partial charge in [-0.25, -0.2) is 4.57 Å². The minimum absolute atomic E-state index is 0.0791. The largest absolute Gasteiger partial charge is 0.472 e. The predicted molar refractivity (Wildman–Crippen MR) is 183 cm³/mol. The lowest BCUT2D eigenvalue weighted by atomic mass is 10.1. The number of esters is 1. The zero-order chi connectivity index (χ0) is 33.3. The van der Waals surface area contributed by atoms with Crippen LogP contribution >= 0.6 is 7.82 Å². The van der Waals surface area contributed by atoms with Gasteiger partial charge in [-0.1, -0.05) is 121 Å². The van der Waals surface area contributed by atoms with Crippen molar-refractivity contribution < 1.29 is 37.9 Å². The van der Waals surface area contributed by atoms with Crippen molar-refractivity contribution in [2.45, 2.75) is 148 Å². The summed E-state index contributed by atoms with van der Waals surface area (Å²) in [6.07, 6.45) is 32.2. The second-order valence-electron chi connectivity index (χ2n) is 11.5. The highest BCUT2D eigenvalue weighted by Gasteiger charge is 2.23. The number of unbranched alkanes of at least 4 members (excludes halogenated alkanes) is 13. The van der Waals surface area contributed by atoms with E-state index < -0.39 is 26.5 Å². The van der Waals surface area contributed by atoms with Gasteiger partial charge in [0.15, 0.2) is 0 Å². The van der Waals surface area contributed by atoms with Crippen LogP contribution in [-0.4, -0.2) is 54.3 Å². The Morgan fingerprint density at radius 1 is 0.711 bits per heavy atom. The van der Waals surface area contributed by atoms with Crippen molar-refractivity contribution in [1.82, 2.24) is 5.32 Å². The van der Waals surface area contributed by atoms with Gasteiger partial charge in [0.1, 0.15) is 12.7 Å². The number of hydrogen-bond donors (Lipinski definition) is 3. The van der Waals surface area contributed by atoms with Crippen LogP contribution in [0.15, 0.2) is 36.5 Å². The molecule has 0 aromatic rings. The third-order valence-electron chi connectivity index (χ3n) is 7.08. The Morgan fingerprint density at radius 2 is 1.27 bits per heavy atom. The summed E-state index contributed by atoms with van der Waals surface area (Å²) in [5.74, 6) is -0.550. The Kier molecular flexibility index (Phi) is 30.9. The normalized spacial score (nSPS) is 14.0. The topological polar surface area (TPSA) is 131 Å². The minimum atomic E-state index is -4.41. The van der Waals surface area contributed by atoms with Gasteiger partial charge in [-0.2, -0.15) is 0 Å². The number of rotatable bonds is 32. The number of carbonyl (C=O) groups excluding carboxylic acids is 2. The zero-order valence-electron chi connectivity index (χ0n) is 28.3. The molecule has 1 amide bonds. The first kappa shape index (κ1) is 43.2. The molecule has 0 saturated heterocycles. The Balaban J connectivity index is 3.69. The molecule has 2 atom stereocenters. The van der Waals surface area contributed by atoms with Crippen molar-refractivity contribution in [3.63, 3.8) is 0 Å². The molecule has 0 aromatic heterocycles. The van der Waals surface area contributed by atoms with E-state index in [-0.39, 0.29) is 32.1 Å². The summed E-state index contributed by atoms with van der Waals surface area (Å²) in [7, 11) is -4.41. The van der Waals surface area contributed by atoms with E-state index in [0.29, 0.717) is 12.8 Å². The van der Waals surface area contributed by atoms with E-state index in [0.717, 1.165) is 57.8 Å². The van der Waals surface area contributed by atoms with Gasteiger partial charge < -0.3 is 20.1 Å². The lowest BCUT2D eigenvalue weighted by Crippen LogP contribution is -2.27. The molecule has 0 spiro atoms. The number of phosphoric acid groups is 1. The molecule has 0 aliphatic heterocycles. The Morgan fingerprint density at radius 3 is 1.91 bits per heavy atom. The van der Waals surface area contributed by atoms with Gasteiger partial charge in [0.2, 0.25) is 5.91 Å². The highest BCUT2D eigenvalue weighted by atomic mass is 31.2. The van der Waals surface area contributed by atoms with Gasteiger partial charge in [0.05, 0.1) is 13.2 Å². The van der Waals surface area contributed by atoms with E-state index in [1.807, 2.05) is 0 Å². The van der Waals surface area contributed by atoms with E-state index in [4.69, 9.17) is 13.8 Å². The van der Waals surface area contributed by atoms with Crippen molar-refractivity contribution in [3.8, 4) is 0 Å². The quantitative estimate of drug-likeness (QED) is 0.0284. The van der Waals surface area contributed by atoms with E-state index >= 15 is 0 Å². The number of hydrogen-bond acceptors (Lipinski definition) is 7. The molecule has 9 nitrogen and oxygen atoms in total. The third kappa shape index (κ3) is 33.4. The Bertz CT molecular complexity index is 846. The van der Waals surface area contributed by atoms with Crippen LogP contribution in [0.25, 0.3) is 0 Å². The number of aliphatic hydroxyl groups excluding tert-OH is 1. The fourth-order valence-corrected chi connectivity index (χ4v) is 5.21. The first-order chi connectivity index (χ1) is 21.8. The standard InChI is InChI=1S/C35H64NO8P/c1-3-5-7-9-11-13-15-16-18-20-22-24-26-28-35(39)42-31-33(37)32-44-45(40,41)43-30-29-36-34(38)27-25-23-21-19-17-14-12-10-8-6-4-2/h5,7,11,13,16,18,33,37H,3-4,6,8-10,12,14-15,17,19-32H2,1-2H3,(H,36,38)(H,40,41)/b7-5-,13-11-,18-16-. The third-order valence-corrected chi connectivity index (χ3v) is 8.07. The number of phosphoric ester groups is 1. The highest BCUT2D eigenvalue weighted by Crippen LogP contribution is 2.42. The van der Waals surface area contributed by atoms with Gasteiger partial charge in [-0.3, -0.25) is 18.6 Å². The summed E-state index contributed by atoms with van der Waals surface area (Å²) in [5.41, 5.74) is 0. The second kappa shape index (κ2) is 32.2. The first-order valence-corrected chi connectivity index (χ1v) is 19.0. The van der Waals surface area contributed by atoms with E-state index in [2.05, 4.69) is 55.6 Å². The molecule has 45 heavy (non-hydrogen) atoms. The fourth-order valence-electron chi connectivity index (χ4n) is 4.45. The predicted octanol–water partition coefficient (Wildman–Crippen LogP) is 8.65. The van der Waals surface area contributed by atoms with Gasteiger partial charge >= 0.3 is 13.8 Å². The smallest absolute Gasteiger partial charge is 0.463 e. The number of aliphatic hydroxyl groups is 1. The van der Waals surface area contributed by atoms with Crippen LogP contribution in [0.4, 0.5) is 0 Å². The second-order valence-corrected chi connectivity index (χ2v) is 12.9. The van der Waals surface area contributed by atoms with Crippen molar-refractivity contribution in [2.24, 2.45) is 0 Å². The van der Waals surface area contributed by atoms with Crippen molar-refractivity contribution in [2.75, 3.05) is 26.4 Å². The van der Waals surface area contributed by atoms with Crippen molar-refractivity contribution in [3.05, 3.63) is 36.5 Å². The minimum Gasteiger partial charge on any atom is -0.463 e. The number of carbonyl (C=O) groups is 2. The van der Waals surface area contributed by atoms with Gasteiger partial charge in [-0.05, 0) is 44.9 Å². The number of ether oxygens (including phenoxy) is 1. The van der Waals surface area contributed by atoms with E-state index in [1.54, 1.807) is 0 Å². The van der Waals surface area contributed by atoms with Crippen LogP contribution in [0.1, 0.15) is 142 Å². The van der Waals surface area contributed by atoms with Crippen molar-refractivity contribution >= 4 is 19.7 Å². The summed E-state index contributed by atoms with van der Waals surface area (Å²) in [5, 5.41) is 12.6. The van der Waals surface area contributed by atoms with Crippen LogP contribution in [0.5, 0.6) is 0 Å². The van der Waals surface area contributed by atoms with Gasteiger partial charge in [0.25, 0.3) is 0 Å². The maximum Gasteiger partial charge on any atom is 0.472 e. The summed E-state index contributed by atoms with van der Waals surface area (Å²) in [4.78, 5) is 33.6.